The van der Waals surface area contributed by atoms with E-state index in [4.69, 9.17) is 10.5 Å². The van der Waals surface area contributed by atoms with Crippen LogP contribution in [0.25, 0.3) is 0 Å². The lowest BCUT2D eigenvalue weighted by molar-refractivity contribution is 0.0224. The van der Waals surface area contributed by atoms with Crippen molar-refractivity contribution in [3.8, 4) is 18.2 Å². The van der Waals surface area contributed by atoms with Gasteiger partial charge in [0.05, 0.1) is 23.4 Å². The Hall–Kier alpha value is -3.76. The van der Waals surface area contributed by atoms with Crippen molar-refractivity contribution in [2.24, 2.45) is 17.1 Å². The molecule has 2 atom stereocenters. The highest BCUT2D eigenvalue weighted by Crippen LogP contribution is 2.54. The minimum atomic E-state index is -1.73. The SMILES string of the molecule is CC(C)c1ccc(C2C3CN(C(=O)OC(C)(C)C)CC=C3C(C#N)=C(N)C2(C#N)C#N)cc1. The van der Waals surface area contributed by atoms with E-state index in [1.54, 1.807) is 31.7 Å². The van der Waals surface area contributed by atoms with E-state index >= 15 is 0 Å². The van der Waals surface area contributed by atoms with Crippen molar-refractivity contribution < 1.29 is 9.53 Å². The molecule has 0 saturated carbocycles. The molecule has 0 aromatic heterocycles. The molecule has 1 aliphatic heterocycles. The van der Waals surface area contributed by atoms with Crippen LogP contribution in [0.1, 0.15) is 57.6 Å². The second-order valence-electron chi connectivity index (χ2n) is 9.88. The van der Waals surface area contributed by atoms with E-state index in [0.29, 0.717) is 11.5 Å². The highest BCUT2D eigenvalue weighted by Gasteiger charge is 2.54. The van der Waals surface area contributed by atoms with Gasteiger partial charge in [-0.15, -0.1) is 0 Å². The summed E-state index contributed by atoms with van der Waals surface area (Å²) in [5.74, 6) is -0.787. The van der Waals surface area contributed by atoms with Gasteiger partial charge in [0.2, 0.25) is 0 Å². The van der Waals surface area contributed by atoms with Gasteiger partial charge in [0.15, 0.2) is 5.41 Å². The third-order valence-electron chi connectivity index (χ3n) is 6.28. The fourth-order valence-corrected chi connectivity index (χ4v) is 4.62. The van der Waals surface area contributed by atoms with E-state index in [1.807, 2.05) is 24.3 Å². The fourth-order valence-electron chi connectivity index (χ4n) is 4.62. The molecular weight excluding hydrogens is 414 g/mol. The second-order valence-corrected chi connectivity index (χ2v) is 9.88. The minimum Gasteiger partial charge on any atom is -0.444 e. The molecule has 7 heteroatoms. The molecule has 3 rings (SSSR count). The van der Waals surface area contributed by atoms with Crippen LogP contribution in [0, 0.1) is 45.3 Å². The Kier molecular flexibility index (Phi) is 6.26. The lowest BCUT2D eigenvalue weighted by atomic mass is 9.58. The summed E-state index contributed by atoms with van der Waals surface area (Å²) in [5, 5.41) is 30.2. The number of ether oxygens (including phenoxy) is 1. The molecule has 2 unspecified atom stereocenters. The van der Waals surface area contributed by atoms with Gasteiger partial charge in [-0.05, 0) is 43.4 Å². The maximum absolute atomic E-state index is 12.8. The Morgan fingerprint density at radius 1 is 1.18 bits per heavy atom. The highest BCUT2D eigenvalue weighted by atomic mass is 16.6. The van der Waals surface area contributed by atoms with Gasteiger partial charge in [-0.25, -0.2) is 4.79 Å². The first-order chi connectivity index (χ1) is 15.5. The molecule has 1 heterocycles. The van der Waals surface area contributed by atoms with E-state index in [1.165, 1.54) is 0 Å². The van der Waals surface area contributed by atoms with Crippen molar-refractivity contribution in [3.63, 3.8) is 0 Å². The van der Waals surface area contributed by atoms with Crippen LogP contribution in [-0.4, -0.2) is 29.7 Å². The Bertz CT molecular complexity index is 1120. The summed E-state index contributed by atoms with van der Waals surface area (Å²) >= 11 is 0. The minimum absolute atomic E-state index is 0.0267. The molecule has 0 saturated heterocycles. The molecule has 1 aromatic carbocycles. The van der Waals surface area contributed by atoms with Crippen molar-refractivity contribution in [1.29, 1.82) is 15.8 Å². The Labute approximate surface area is 195 Å². The number of nitriles is 3. The standard InChI is InChI=1S/C26H29N5O2/c1-16(2)17-6-8-18(9-7-17)22-21-13-31(24(32)33-25(3,4)5)11-10-19(21)20(12-27)23(30)26(22,14-28)15-29/h6-10,16,21-22H,11,13,30H2,1-5H3. The number of carbonyl (C=O) groups is 1. The monoisotopic (exact) mass is 443 g/mol. The topological polar surface area (TPSA) is 127 Å². The van der Waals surface area contributed by atoms with E-state index in [9.17, 15) is 20.6 Å². The van der Waals surface area contributed by atoms with Gasteiger partial charge in [0, 0.05) is 24.9 Å². The lowest BCUT2D eigenvalue weighted by Gasteiger charge is -2.45. The highest BCUT2D eigenvalue weighted by molar-refractivity contribution is 5.70. The van der Waals surface area contributed by atoms with Gasteiger partial charge in [-0.2, -0.15) is 15.8 Å². The molecule has 0 spiro atoms. The number of amides is 1. The van der Waals surface area contributed by atoms with E-state index in [2.05, 4.69) is 32.1 Å². The van der Waals surface area contributed by atoms with E-state index in [0.717, 1.165) is 11.1 Å². The molecule has 7 nitrogen and oxygen atoms in total. The van der Waals surface area contributed by atoms with Crippen LogP contribution in [0.2, 0.25) is 0 Å². The molecule has 1 aromatic rings. The van der Waals surface area contributed by atoms with Crippen molar-refractivity contribution in [2.45, 2.75) is 52.1 Å². The molecule has 0 fully saturated rings. The van der Waals surface area contributed by atoms with Crippen LogP contribution in [-0.2, 0) is 4.74 Å². The van der Waals surface area contributed by atoms with Crippen LogP contribution in [0.3, 0.4) is 0 Å². The van der Waals surface area contributed by atoms with Crippen molar-refractivity contribution in [1.82, 2.24) is 4.90 Å². The maximum Gasteiger partial charge on any atom is 0.410 e. The zero-order chi connectivity index (χ0) is 24.6. The second kappa shape index (κ2) is 8.64. The van der Waals surface area contributed by atoms with Crippen molar-refractivity contribution in [2.75, 3.05) is 13.1 Å². The number of rotatable bonds is 2. The number of fused-ring (bicyclic) bond motifs is 1. The number of allylic oxidation sites excluding steroid dienone is 2. The summed E-state index contributed by atoms with van der Waals surface area (Å²) in [4.78, 5) is 14.4. The Balaban J connectivity index is 2.17. The van der Waals surface area contributed by atoms with Crippen molar-refractivity contribution >= 4 is 6.09 Å². The molecule has 2 N–H and O–H groups in total. The first-order valence-electron chi connectivity index (χ1n) is 11.0. The predicted molar refractivity (Wildman–Crippen MR) is 123 cm³/mol. The average molecular weight is 444 g/mol. The van der Waals surface area contributed by atoms with Gasteiger partial charge in [-0.1, -0.05) is 44.2 Å². The molecule has 170 valence electrons. The van der Waals surface area contributed by atoms with Gasteiger partial charge < -0.3 is 15.4 Å². The summed E-state index contributed by atoms with van der Waals surface area (Å²) in [6, 6.07) is 14.2. The molecule has 2 aliphatic rings. The van der Waals surface area contributed by atoms with E-state index in [-0.39, 0.29) is 24.4 Å². The number of benzene rings is 1. The maximum atomic E-state index is 12.8. The Morgan fingerprint density at radius 3 is 2.27 bits per heavy atom. The first kappa shape index (κ1) is 23.9. The number of nitrogens with zero attached hydrogens (tertiary/aromatic N) is 4. The average Bonchev–Trinajstić information content (AvgIpc) is 2.77. The lowest BCUT2D eigenvalue weighted by Crippen LogP contribution is -2.50. The van der Waals surface area contributed by atoms with Crippen LogP contribution in [0.4, 0.5) is 4.79 Å². The van der Waals surface area contributed by atoms with Crippen LogP contribution in [0.15, 0.2) is 47.2 Å². The zero-order valence-electron chi connectivity index (χ0n) is 19.7. The summed E-state index contributed by atoms with van der Waals surface area (Å²) in [6.07, 6.45) is 1.31. The molecule has 1 amide bonds. The zero-order valence-corrected chi connectivity index (χ0v) is 19.7. The molecule has 0 bridgehead atoms. The van der Waals surface area contributed by atoms with Gasteiger partial charge in [0.25, 0.3) is 0 Å². The third-order valence-corrected chi connectivity index (χ3v) is 6.28. The molecule has 33 heavy (non-hydrogen) atoms. The van der Waals surface area contributed by atoms with Crippen LogP contribution >= 0.6 is 0 Å². The molecule has 1 aliphatic carbocycles. The number of hydrogen-bond acceptors (Lipinski definition) is 6. The van der Waals surface area contributed by atoms with Crippen molar-refractivity contribution in [3.05, 3.63) is 58.3 Å². The number of nitrogens with two attached hydrogens (primary N) is 1. The van der Waals surface area contributed by atoms with E-state index < -0.39 is 28.9 Å². The third kappa shape index (κ3) is 4.18. The van der Waals surface area contributed by atoms with Crippen LogP contribution < -0.4 is 5.73 Å². The summed E-state index contributed by atoms with van der Waals surface area (Å²) in [6.45, 7) is 10.0. The smallest absolute Gasteiger partial charge is 0.410 e. The molecular formula is C26H29N5O2. The Morgan fingerprint density at radius 2 is 1.79 bits per heavy atom. The fraction of sp³-hybridized carbons (Fsp3) is 0.462. The summed E-state index contributed by atoms with van der Waals surface area (Å²) < 4.78 is 5.54. The normalized spacial score (nSPS) is 21.9. The van der Waals surface area contributed by atoms with Gasteiger partial charge in [0.1, 0.15) is 11.7 Å². The summed E-state index contributed by atoms with van der Waals surface area (Å²) in [5.41, 5.74) is 6.65. The van der Waals surface area contributed by atoms with Gasteiger partial charge >= 0.3 is 6.09 Å². The number of carbonyl (C=O) groups excluding carboxylic acids is 1. The predicted octanol–water partition coefficient (Wildman–Crippen LogP) is 4.47. The van der Waals surface area contributed by atoms with Crippen LogP contribution in [0.5, 0.6) is 0 Å². The van der Waals surface area contributed by atoms with Gasteiger partial charge in [-0.3, -0.25) is 0 Å². The quantitative estimate of drug-likeness (QED) is 0.718. The summed E-state index contributed by atoms with van der Waals surface area (Å²) in [7, 11) is 0. The largest absolute Gasteiger partial charge is 0.444 e. The first-order valence-corrected chi connectivity index (χ1v) is 11.0. The number of hydrogen-bond donors (Lipinski definition) is 1. The molecule has 0 radical (unpaired) electrons.